The monoisotopic (exact) mass is 218 g/mol. The average Bonchev–Trinajstić information content (AvgIpc) is 2.28. The van der Waals surface area contributed by atoms with Crippen LogP contribution in [0.5, 0.6) is 0 Å². The van der Waals surface area contributed by atoms with Gasteiger partial charge in [0, 0.05) is 16.7 Å². The molecule has 16 heavy (non-hydrogen) atoms. The first-order chi connectivity index (χ1) is 7.61. The lowest BCUT2D eigenvalue weighted by Crippen LogP contribution is -2.24. The van der Waals surface area contributed by atoms with Gasteiger partial charge in [-0.3, -0.25) is 9.59 Å². The molecule has 0 aromatic rings. The summed E-state index contributed by atoms with van der Waals surface area (Å²) in [5.41, 5.74) is 2.10. The van der Waals surface area contributed by atoms with Crippen molar-refractivity contribution < 1.29 is 9.59 Å². The molecule has 0 amide bonds. The van der Waals surface area contributed by atoms with Gasteiger partial charge in [0.05, 0.1) is 0 Å². The lowest BCUT2D eigenvalue weighted by atomic mass is 9.76. The third-order valence-corrected chi connectivity index (χ3v) is 3.74. The summed E-state index contributed by atoms with van der Waals surface area (Å²) in [6, 6.07) is 0. The number of Topliss-reactive ketones (excluding diaryl/α,β-unsaturated/α-hetero) is 1. The summed E-state index contributed by atoms with van der Waals surface area (Å²) in [5, 5.41) is 0. The van der Waals surface area contributed by atoms with Crippen molar-refractivity contribution in [2.75, 3.05) is 0 Å². The second kappa shape index (κ2) is 4.36. The van der Waals surface area contributed by atoms with Crippen LogP contribution < -0.4 is 0 Å². The Morgan fingerprint density at radius 1 is 1.06 bits per heavy atom. The van der Waals surface area contributed by atoms with Gasteiger partial charge in [-0.2, -0.15) is 0 Å². The molecule has 2 nitrogen and oxygen atoms in total. The van der Waals surface area contributed by atoms with Gasteiger partial charge in [-0.1, -0.05) is 19.3 Å². The molecule has 0 aliphatic heterocycles. The zero-order chi connectivity index (χ0) is 11.7. The third-order valence-electron chi connectivity index (χ3n) is 3.74. The van der Waals surface area contributed by atoms with Crippen LogP contribution in [-0.4, -0.2) is 11.6 Å². The molecule has 2 aliphatic rings. The summed E-state index contributed by atoms with van der Waals surface area (Å²) in [4.78, 5) is 23.8. The molecule has 0 atom stereocenters. The summed E-state index contributed by atoms with van der Waals surface area (Å²) in [6.07, 6.45) is 7.25. The van der Waals surface area contributed by atoms with E-state index in [9.17, 15) is 9.59 Å². The highest BCUT2D eigenvalue weighted by atomic mass is 16.1. The van der Waals surface area contributed by atoms with Crippen molar-refractivity contribution in [2.45, 2.75) is 46.0 Å². The van der Waals surface area contributed by atoms with Crippen LogP contribution in [0.15, 0.2) is 22.8 Å². The lowest BCUT2D eigenvalue weighted by molar-refractivity contribution is -0.116. The van der Waals surface area contributed by atoms with Gasteiger partial charge in [0.2, 0.25) is 0 Å². The van der Waals surface area contributed by atoms with E-state index in [-0.39, 0.29) is 11.6 Å². The molecule has 1 saturated carbocycles. The second-order valence-corrected chi connectivity index (χ2v) is 4.89. The maximum atomic E-state index is 12.1. The Balaban J connectivity index is 2.33. The van der Waals surface area contributed by atoms with E-state index in [1.54, 1.807) is 13.8 Å². The molecule has 0 spiro atoms. The van der Waals surface area contributed by atoms with E-state index in [2.05, 4.69) is 0 Å². The fourth-order valence-corrected chi connectivity index (χ4v) is 2.77. The van der Waals surface area contributed by atoms with Gasteiger partial charge >= 0.3 is 0 Å². The van der Waals surface area contributed by atoms with Crippen LogP contribution in [0.25, 0.3) is 0 Å². The molecule has 1 fully saturated rings. The van der Waals surface area contributed by atoms with Gasteiger partial charge in [-0.05, 0) is 38.7 Å². The Morgan fingerprint density at radius 2 is 1.69 bits per heavy atom. The fourth-order valence-electron chi connectivity index (χ4n) is 2.77. The molecule has 2 aliphatic carbocycles. The number of ketones is 2. The predicted octanol–water partition coefficient (Wildman–Crippen LogP) is 2.98. The molecule has 0 aromatic carbocycles. The van der Waals surface area contributed by atoms with Crippen LogP contribution in [0.3, 0.4) is 0 Å². The van der Waals surface area contributed by atoms with Crippen molar-refractivity contribution in [2.24, 2.45) is 5.92 Å². The van der Waals surface area contributed by atoms with E-state index in [0.717, 1.165) is 18.4 Å². The Labute approximate surface area is 96.4 Å². The third kappa shape index (κ3) is 1.89. The van der Waals surface area contributed by atoms with E-state index in [4.69, 9.17) is 0 Å². The smallest absolute Gasteiger partial charge is 0.185 e. The summed E-state index contributed by atoms with van der Waals surface area (Å²) in [5.74, 6) is 0.454. The topological polar surface area (TPSA) is 34.1 Å². The number of hydrogen-bond acceptors (Lipinski definition) is 2. The summed E-state index contributed by atoms with van der Waals surface area (Å²) in [6.45, 7) is 3.54. The SMILES string of the molecule is CC1=CC(=O)C(C)=C(C2CCCCC2)C1=O. The summed E-state index contributed by atoms with van der Waals surface area (Å²) >= 11 is 0. The van der Waals surface area contributed by atoms with Gasteiger partial charge in [0.25, 0.3) is 0 Å². The van der Waals surface area contributed by atoms with Crippen LogP contribution in [0.2, 0.25) is 0 Å². The van der Waals surface area contributed by atoms with E-state index >= 15 is 0 Å². The molecule has 0 bridgehead atoms. The first-order valence-electron chi connectivity index (χ1n) is 6.09. The zero-order valence-corrected chi connectivity index (χ0v) is 10.0. The molecule has 2 rings (SSSR count). The molecule has 2 heteroatoms. The zero-order valence-electron chi connectivity index (χ0n) is 10.0. The largest absolute Gasteiger partial charge is 0.290 e. The highest BCUT2D eigenvalue weighted by molar-refractivity contribution is 6.22. The Bertz CT molecular complexity index is 393. The summed E-state index contributed by atoms with van der Waals surface area (Å²) < 4.78 is 0. The highest BCUT2D eigenvalue weighted by Crippen LogP contribution is 2.34. The van der Waals surface area contributed by atoms with E-state index in [0.29, 0.717) is 17.1 Å². The van der Waals surface area contributed by atoms with Crippen molar-refractivity contribution in [1.29, 1.82) is 0 Å². The van der Waals surface area contributed by atoms with Gasteiger partial charge in [0.15, 0.2) is 11.6 Å². The molecule has 0 radical (unpaired) electrons. The van der Waals surface area contributed by atoms with Crippen molar-refractivity contribution in [3.8, 4) is 0 Å². The minimum Gasteiger partial charge on any atom is -0.290 e. The number of carbonyl (C=O) groups excluding carboxylic acids is 2. The maximum absolute atomic E-state index is 12.1. The molecule has 0 saturated heterocycles. The number of allylic oxidation sites excluding steroid dienone is 4. The number of rotatable bonds is 1. The highest BCUT2D eigenvalue weighted by Gasteiger charge is 2.30. The average molecular weight is 218 g/mol. The fraction of sp³-hybridized carbons (Fsp3) is 0.571. The minimum absolute atomic E-state index is 0.0256. The van der Waals surface area contributed by atoms with Crippen LogP contribution in [0, 0.1) is 5.92 Å². The van der Waals surface area contributed by atoms with Crippen molar-refractivity contribution in [1.82, 2.24) is 0 Å². The van der Waals surface area contributed by atoms with E-state index in [1.807, 2.05) is 0 Å². The molecule has 0 unspecified atom stereocenters. The molecular weight excluding hydrogens is 200 g/mol. The predicted molar refractivity (Wildman–Crippen MR) is 63.0 cm³/mol. The van der Waals surface area contributed by atoms with Crippen LogP contribution in [-0.2, 0) is 9.59 Å². The van der Waals surface area contributed by atoms with E-state index in [1.165, 1.54) is 25.3 Å². The molecule has 0 N–H and O–H groups in total. The molecule has 0 heterocycles. The normalized spacial score (nSPS) is 23.8. The van der Waals surface area contributed by atoms with Gasteiger partial charge in [0.1, 0.15) is 0 Å². The van der Waals surface area contributed by atoms with Crippen LogP contribution in [0.1, 0.15) is 46.0 Å². The Kier molecular flexibility index (Phi) is 3.08. The first kappa shape index (κ1) is 11.3. The Morgan fingerprint density at radius 3 is 2.31 bits per heavy atom. The van der Waals surface area contributed by atoms with Crippen LogP contribution >= 0.6 is 0 Å². The number of hydrogen-bond donors (Lipinski definition) is 0. The van der Waals surface area contributed by atoms with Crippen LogP contribution in [0.4, 0.5) is 0 Å². The number of carbonyl (C=O) groups is 2. The maximum Gasteiger partial charge on any atom is 0.185 e. The Hall–Kier alpha value is -1.18. The molecule has 0 aromatic heterocycles. The minimum atomic E-state index is 0.0256. The summed E-state index contributed by atoms with van der Waals surface area (Å²) in [7, 11) is 0. The molecule has 86 valence electrons. The second-order valence-electron chi connectivity index (χ2n) is 4.89. The standard InChI is InChI=1S/C14H18O2/c1-9-8-12(15)10(2)13(14(9)16)11-6-4-3-5-7-11/h8,11H,3-7H2,1-2H3. The van der Waals surface area contributed by atoms with Gasteiger partial charge in [-0.15, -0.1) is 0 Å². The van der Waals surface area contributed by atoms with Crippen molar-refractivity contribution in [3.05, 3.63) is 22.8 Å². The van der Waals surface area contributed by atoms with Gasteiger partial charge in [-0.25, -0.2) is 0 Å². The van der Waals surface area contributed by atoms with Crippen molar-refractivity contribution >= 4 is 11.6 Å². The van der Waals surface area contributed by atoms with E-state index < -0.39 is 0 Å². The first-order valence-corrected chi connectivity index (χ1v) is 6.09. The quantitative estimate of drug-likeness (QED) is 0.634. The van der Waals surface area contributed by atoms with Gasteiger partial charge < -0.3 is 0 Å². The van der Waals surface area contributed by atoms with Crippen molar-refractivity contribution in [3.63, 3.8) is 0 Å². The molecular formula is C14H18O2. The lowest BCUT2D eigenvalue weighted by Gasteiger charge is -2.27.